The smallest absolute Gasteiger partial charge is 0.260 e. The van der Waals surface area contributed by atoms with Crippen molar-refractivity contribution in [3.63, 3.8) is 0 Å². The van der Waals surface area contributed by atoms with E-state index in [9.17, 15) is 9.59 Å². The second-order valence-electron chi connectivity index (χ2n) is 3.21. The van der Waals surface area contributed by atoms with Crippen LogP contribution in [0.2, 0.25) is 0 Å². The van der Waals surface area contributed by atoms with Crippen molar-refractivity contribution < 1.29 is 14.0 Å². The summed E-state index contributed by atoms with van der Waals surface area (Å²) in [6.07, 6.45) is 4.46. The fourth-order valence-corrected chi connectivity index (χ4v) is 1.25. The summed E-state index contributed by atoms with van der Waals surface area (Å²) in [5, 5.41) is 0. The number of hydrogen-bond donors (Lipinski definition) is 0. The quantitative estimate of drug-likeness (QED) is 0.302. The topological polar surface area (TPSA) is 47.3 Å². The second-order valence-corrected chi connectivity index (χ2v) is 3.21. The maximum atomic E-state index is 10.9. The molecule has 0 saturated heterocycles. The third-order valence-corrected chi connectivity index (χ3v) is 2.04. The predicted octanol–water partition coefficient (Wildman–Crippen LogP) is 2.39. The fraction of sp³-hybridized carbons (Fsp3) is 0.455. The van der Waals surface area contributed by atoms with Crippen LogP contribution >= 0.6 is 0 Å². The highest BCUT2D eigenvalue weighted by Crippen LogP contribution is 2.11. The Hall–Kier alpha value is -1.38. The van der Waals surface area contributed by atoms with Crippen molar-refractivity contribution in [2.75, 3.05) is 0 Å². The van der Waals surface area contributed by atoms with Gasteiger partial charge in [0.1, 0.15) is 5.76 Å². The number of aryl methyl sites for hydroxylation is 1. The van der Waals surface area contributed by atoms with Gasteiger partial charge in [0.05, 0.1) is 0 Å². The summed E-state index contributed by atoms with van der Waals surface area (Å²) in [4.78, 5) is 21.1. The van der Waals surface area contributed by atoms with Crippen molar-refractivity contribution in [3.05, 3.63) is 23.7 Å². The molecule has 76 valence electrons. The Labute approximate surface area is 83.1 Å². The van der Waals surface area contributed by atoms with Gasteiger partial charge in [-0.2, -0.15) is 0 Å². The van der Waals surface area contributed by atoms with Gasteiger partial charge < -0.3 is 4.42 Å². The first-order valence-corrected chi connectivity index (χ1v) is 4.86. The lowest BCUT2D eigenvalue weighted by molar-refractivity contribution is -0.104. The molecule has 3 nitrogen and oxygen atoms in total. The van der Waals surface area contributed by atoms with Crippen LogP contribution in [0.15, 0.2) is 16.5 Å². The molecule has 1 aromatic heterocycles. The number of carbonyl (C=O) groups excluding carboxylic acids is 2. The average molecular weight is 194 g/mol. The van der Waals surface area contributed by atoms with Crippen LogP contribution < -0.4 is 0 Å². The first-order valence-electron chi connectivity index (χ1n) is 4.86. The van der Waals surface area contributed by atoms with Gasteiger partial charge in [0.25, 0.3) is 5.78 Å². The Morgan fingerprint density at radius 3 is 2.86 bits per heavy atom. The molecule has 14 heavy (non-hydrogen) atoms. The summed E-state index contributed by atoms with van der Waals surface area (Å²) in [5.41, 5.74) is 0. The number of ketones is 1. The zero-order valence-corrected chi connectivity index (χ0v) is 8.29. The molecule has 1 rings (SSSR count). The van der Waals surface area contributed by atoms with E-state index in [0.29, 0.717) is 0 Å². The molecule has 0 fully saturated rings. The summed E-state index contributed by atoms with van der Waals surface area (Å²) in [7, 11) is 0. The van der Waals surface area contributed by atoms with Crippen LogP contribution in [0.4, 0.5) is 0 Å². The van der Waals surface area contributed by atoms with Crippen molar-refractivity contribution in [1.82, 2.24) is 0 Å². The number of Topliss-reactive ketones (excluding diaryl/α,β-unsaturated/α-hetero) is 1. The van der Waals surface area contributed by atoms with E-state index in [1.165, 1.54) is 0 Å². The van der Waals surface area contributed by atoms with Gasteiger partial charge in [-0.1, -0.05) is 19.8 Å². The number of hydrogen-bond acceptors (Lipinski definition) is 3. The van der Waals surface area contributed by atoms with Gasteiger partial charge in [-0.3, -0.25) is 9.59 Å². The summed E-state index contributed by atoms with van der Waals surface area (Å²) in [5.74, 6) is 0.335. The fourth-order valence-electron chi connectivity index (χ4n) is 1.25. The molecule has 0 aliphatic carbocycles. The minimum Gasteiger partial charge on any atom is -0.457 e. The van der Waals surface area contributed by atoms with Gasteiger partial charge in [-0.25, -0.2) is 0 Å². The molecule has 0 atom stereocenters. The Kier molecular flexibility index (Phi) is 4.11. The summed E-state index contributed by atoms with van der Waals surface area (Å²) in [6, 6.07) is 3.31. The molecular weight excluding hydrogens is 180 g/mol. The van der Waals surface area contributed by atoms with Gasteiger partial charge in [-0.05, 0) is 18.6 Å². The molecule has 1 aromatic rings. The molecule has 3 heteroatoms. The normalized spacial score (nSPS) is 10.1. The third kappa shape index (κ3) is 2.83. The minimum atomic E-state index is -0.591. The molecule has 0 saturated carbocycles. The lowest BCUT2D eigenvalue weighted by Crippen LogP contribution is -1.96. The van der Waals surface area contributed by atoms with Crippen LogP contribution in [0.3, 0.4) is 0 Å². The Balaban J connectivity index is 2.50. The van der Waals surface area contributed by atoms with E-state index >= 15 is 0 Å². The SMILES string of the molecule is CCCCCc1ccc(C(=O)C=O)o1. The first-order chi connectivity index (χ1) is 6.77. The van der Waals surface area contributed by atoms with E-state index in [4.69, 9.17) is 4.42 Å². The lowest BCUT2D eigenvalue weighted by atomic mass is 10.2. The molecule has 0 bridgehead atoms. The Morgan fingerprint density at radius 2 is 2.21 bits per heavy atom. The molecule has 0 aliphatic heterocycles. The highest BCUT2D eigenvalue weighted by Gasteiger charge is 2.09. The van der Waals surface area contributed by atoms with E-state index in [2.05, 4.69) is 6.92 Å². The number of rotatable bonds is 6. The number of carbonyl (C=O) groups is 2. The zero-order chi connectivity index (χ0) is 10.4. The predicted molar refractivity (Wildman–Crippen MR) is 52.3 cm³/mol. The Morgan fingerprint density at radius 1 is 1.43 bits per heavy atom. The van der Waals surface area contributed by atoms with Crippen molar-refractivity contribution in [2.24, 2.45) is 0 Å². The highest BCUT2D eigenvalue weighted by molar-refractivity contribution is 6.32. The van der Waals surface area contributed by atoms with Crippen molar-refractivity contribution in [1.29, 1.82) is 0 Å². The van der Waals surface area contributed by atoms with Gasteiger partial charge in [-0.15, -0.1) is 0 Å². The van der Waals surface area contributed by atoms with Crippen molar-refractivity contribution in [3.8, 4) is 0 Å². The first kappa shape index (κ1) is 10.7. The van der Waals surface area contributed by atoms with Crippen LogP contribution in [0.1, 0.15) is 42.5 Å². The van der Waals surface area contributed by atoms with E-state index in [1.54, 1.807) is 12.1 Å². The third-order valence-electron chi connectivity index (χ3n) is 2.04. The maximum Gasteiger partial charge on any atom is 0.260 e. The van der Waals surface area contributed by atoms with E-state index in [1.807, 2.05) is 0 Å². The minimum absolute atomic E-state index is 0.145. The van der Waals surface area contributed by atoms with Gasteiger partial charge in [0.15, 0.2) is 12.0 Å². The van der Waals surface area contributed by atoms with Gasteiger partial charge >= 0.3 is 0 Å². The summed E-state index contributed by atoms with van der Waals surface area (Å²) in [6.45, 7) is 2.13. The molecular formula is C11H14O3. The van der Waals surface area contributed by atoms with Crippen molar-refractivity contribution >= 4 is 12.1 Å². The molecule has 0 amide bonds. The lowest BCUT2D eigenvalue weighted by Gasteiger charge is -1.94. The van der Waals surface area contributed by atoms with E-state index in [0.717, 1.165) is 31.4 Å². The summed E-state index contributed by atoms with van der Waals surface area (Å²) >= 11 is 0. The van der Waals surface area contributed by atoms with Crippen LogP contribution in [0, 0.1) is 0 Å². The monoisotopic (exact) mass is 194 g/mol. The molecule has 0 aliphatic rings. The van der Waals surface area contributed by atoms with Crippen LogP contribution in [0.5, 0.6) is 0 Å². The molecule has 1 heterocycles. The second kappa shape index (κ2) is 5.37. The molecule has 0 aromatic carbocycles. The standard InChI is InChI=1S/C11H14O3/c1-2-3-4-5-9-6-7-11(14-9)10(13)8-12/h6-8H,2-5H2,1H3. The summed E-state index contributed by atoms with van der Waals surface area (Å²) < 4.78 is 5.20. The van der Waals surface area contributed by atoms with E-state index < -0.39 is 5.78 Å². The number of unbranched alkanes of at least 4 members (excludes halogenated alkanes) is 2. The van der Waals surface area contributed by atoms with Crippen LogP contribution in [-0.2, 0) is 11.2 Å². The maximum absolute atomic E-state index is 10.9. The zero-order valence-electron chi connectivity index (χ0n) is 8.29. The largest absolute Gasteiger partial charge is 0.457 e. The molecule has 0 unspecified atom stereocenters. The number of furan rings is 1. The average Bonchev–Trinajstić information content (AvgIpc) is 2.66. The van der Waals surface area contributed by atoms with Crippen LogP contribution in [-0.4, -0.2) is 12.1 Å². The van der Waals surface area contributed by atoms with Gasteiger partial charge in [0, 0.05) is 6.42 Å². The Bertz CT molecular complexity index is 312. The van der Waals surface area contributed by atoms with Gasteiger partial charge in [0.2, 0.25) is 0 Å². The molecule has 0 N–H and O–H groups in total. The van der Waals surface area contributed by atoms with Crippen molar-refractivity contribution in [2.45, 2.75) is 32.6 Å². The molecule has 0 radical (unpaired) electrons. The van der Waals surface area contributed by atoms with E-state index in [-0.39, 0.29) is 12.0 Å². The molecule has 0 spiro atoms. The highest BCUT2D eigenvalue weighted by atomic mass is 16.3. The number of aldehydes is 1. The van der Waals surface area contributed by atoms with Crippen LogP contribution in [0.25, 0.3) is 0 Å².